The second-order valence-electron chi connectivity index (χ2n) is 10.4. The van der Waals surface area contributed by atoms with Crippen LogP contribution >= 0.6 is 0 Å². The van der Waals surface area contributed by atoms with E-state index in [1.165, 1.54) is 4.90 Å². The van der Waals surface area contributed by atoms with Crippen molar-refractivity contribution in [3.63, 3.8) is 0 Å². The fraction of sp³-hybridized carbons (Fsp3) is 0.480. The van der Waals surface area contributed by atoms with E-state index in [-0.39, 0.29) is 29.7 Å². The number of allylic oxidation sites excluding steroid dienone is 1. The second-order valence-corrected chi connectivity index (χ2v) is 11.3. The highest BCUT2D eigenvalue weighted by Gasteiger charge is 2.63. The van der Waals surface area contributed by atoms with Crippen molar-refractivity contribution in [3.8, 4) is 5.75 Å². The van der Waals surface area contributed by atoms with Crippen LogP contribution in [0.3, 0.4) is 0 Å². The van der Waals surface area contributed by atoms with Crippen molar-refractivity contribution in [1.29, 1.82) is 0 Å². The molecule has 0 heterocycles. The van der Waals surface area contributed by atoms with Gasteiger partial charge in [0, 0.05) is 23.7 Å². The number of nitrogen functional groups attached to an aromatic ring is 1. The van der Waals surface area contributed by atoms with Crippen LogP contribution in [0.4, 0.5) is 11.4 Å². The first kappa shape index (κ1) is 31.8. The van der Waals surface area contributed by atoms with E-state index < -0.39 is 74.2 Å². The highest BCUT2D eigenvalue weighted by molar-refractivity contribution is 7.79. The van der Waals surface area contributed by atoms with Crippen molar-refractivity contribution in [2.45, 2.75) is 44.2 Å². The predicted octanol–water partition coefficient (Wildman–Crippen LogP) is 0.262. The molecule has 1 amide bonds. The number of nitrogens with two attached hydrogens (primary N) is 2. The maximum atomic E-state index is 13.7. The van der Waals surface area contributed by atoms with Gasteiger partial charge in [-0.3, -0.25) is 28.4 Å². The number of unbranched alkanes of at least 4 members (excludes halogenated alkanes) is 1. The minimum atomic E-state index is -4.67. The van der Waals surface area contributed by atoms with Crippen LogP contribution in [0.1, 0.15) is 42.1 Å². The Morgan fingerprint density at radius 3 is 2.29 bits per heavy atom. The number of carbonyl (C=O) groups excluding carboxylic acids is 3. The van der Waals surface area contributed by atoms with E-state index in [1.54, 1.807) is 20.2 Å². The van der Waals surface area contributed by atoms with Crippen molar-refractivity contribution in [2.24, 2.45) is 17.6 Å². The molecular formula is C25H34N4O11S. The van der Waals surface area contributed by atoms with Crippen molar-refractivity contribution < 1.29 is 52.3 Å². The number of fused-ring (bicyclic) bond motifs is 3. The van der Waals surface area contributed by atoms with Gasteiger partial charge in [-0.1, -0.05) is 13.3 Å². The smallest absolute Gasteiger partial charge is 0.394 e. The standard InChI is InChI=1S/C25H32N4O7.H2O4S/c1-4-5-6-28-14-9-13(26)19(30)16-11(14)7-10-8-12-18(29(2)3)21(32)17(24(27)35)23(34)25(12,36)22(33)15(10)20(16)31;1-5(2,3)4/h9-10,12,18,28,30,32-33,36H,4-8,26H2,1-3H3,(H2,27,35);(H2,1,2,3,4)/t10?,12?,18-,25-;/m0./s1. The van der Waals surface area contributed by atoms with E-state index >= 15 is 0 Å². The van der Waals surface area contributed by atoms with Gasteiger partial charge in [0.05, 0.1) is 17.3 Å². The number of aliphatic hydroxyl groups excluding tert-OH is 2. The lowest BCUT2D eigenvalue weighted by atomic mass is 9.58. The molecule has 0 saturated carbocycles. The first-order chi connectivity index (χ1) is 18.9. The van der Waals surface area contributed by atoms with Crippen molar-refractivity contribution in [1.82, 2.24) is 4.90 Å². The highest BCUT2D eigenvalue weighted by Crippen LogP contribution is 2.53. The van der Waals surface area contributed by atoms with Crippen molar-refractivity contribution in [2.75, 3.05) is 31.7 Å². The minimum Gasteiger partial charge on any atom is -0.510 e. The summed E-state index contributed by atoms with van der Waals surface area (Å²) >= 11 is 0. The molecule has 3 aliphatic rings. The van der Waals surface area contributed by atoms with Crippen LogP contribution in [0.25, 0.3) is 0 Å². The lowest BCUT2D eigenvalue weighted by Crippen LogP contribution is -2.63. The van der Waals surface area contributed by atoms with Crippen LogP contribution in [0.15, 0.2) is 28.7 Å². The number of nitrogens with zero attached hydrogens (tertiary/aromatic N) is 1. The summed E-state index contributed by atoms with van der Waals surface area (Å²) in [6.07, 6.45) is 2.05. The van der Waals surface area contributed by atoms with Gasteiger partial charge in [-0.25, -0.2) is 0 Å². The van der Waals surface area contributed by atoms with Crippen LogP contribution in [0, 0.1) is 11.8 Å². The number of hydrogen-bond donors (Lipinski definition) is 9. The zero-order valence-corrected chi connectivity index (χ0v) is 23.4. The van der Waals surface area contributed by atoms with Gasteiger partial charge in [0.15, 0.2) is 11.4 Å². The van der Waals surface area contributed by atoms with Gasteiger partial charge in [-0.2, -0.15) is 8.42 Å². The van der Waals surface area contributed by atoms with Gasteiger partial charge in [0.2, 0.25) is 5.78 Å². The maximum Gasteiger partial charge on any atom is 0.394 e. The Morgan fingerprint density at radius 2 is 1.78 bits per heavy atom. The van der Waals surface area contributed by atoms with Gasteiger partial charge in [0.25, 0.3) is 5.91 Å². The molecule has 1 aromatic rings. The van der Waals surface area contributed by atoms with Gasteiger partial charge in [0.1, 0.15) is 22.8 Å². The van der Waals surface area contributed by atoms with E-state index in [4.69, 9.17) is 29.0 Å². The fourth-order valence-electron chi connectivity index (χ4n) is 5.90. The number of ketones is 2. The van der Waals surface area contributed by atoms with E-state index in [9.17, 15) is 34.8 Å². The molecule has 4 atom stereocenters. The number of nitrogens with one attached hydrogen (secondary N) is 1. The summed E-state index contributed by atoms with van der Waals surface area (Å²) in [6, 6.07) is 0.531. The number of rotatable bonds is 6. The third kappa shape index (κ3) is 5.60. The fourth-order valence-corrected chi connectivity index (χ4v) is 5.90. The monoisotopic (exact) mass is 598 g/mol. The number of amides is 1. The largest absolute Gasteiger partial charge is 0.510 e. The first-order valence-electron chi connectivity index (χ1n) is 12.6. The summed E-state index contributed by atoms with van der Waals surface area (Å²) in [6.45, 7) is 2.66. The summed E-state index contributed by atoms with van der Waals surface area (Å²) in [5.41, 5.74) is 8.58. The topological polar surface area (TPSA) is 274 Å². The Balaban J connectivity index is 0.000000850. The summed E-state index contributed by atoms with van der Waals surface area (Å²) in [7, 11) is -1.49. The molecule has 0 saturated heterocycles. The summed E-state index contributed by atoms with van der Waals surface area (Å²) in [5.74, 6) is -6.93. The molecule has 0 aliphatic heterocycles. The van der Waals surface area contributed by atoms with E-state index in [1.807, 2.05) is 6.92 Å². The molecule has 1 aromatic carbocycles. The molecule has 0 spiro atoms. The number of benzene rings is 1. The number of anilines is 2. The zero-order valence-electron chi connectivity index (χ0n) is 22.6. The number of aliphatic hydroxyl groups is 3. The second kappa shape index (κ2) is 11.3. The lowest BCUT2D eigenvalue weighted by molar-refractivity contribution is -0.148. The van der Waals surface area contributed by atoms with Crippen LogP contribution in [0.5, 0.6) is 5.75 Å². The molecule has 16 heteroatoms. The molecule has 0 bridgehead atoms. The normalized spacial score (nSPS) is 25.7. The number of Topliss-reactive ketones (excluding diaryl/α,β-unsaturated/α-hetero) is 2. The molecule has 4 rings (SSSR count). The predicted molar refractivity (Wildman–Crippen MR) is 146 cm³/mol. The molecular weight excluding hydrogens is 564 g/mol. The molecule has 41 heavy (non-hydrogen) atoms. The average molecular weight is 599 g/mol. The molecule has 15 nitrogen and oxygen atoms in total. The number of aromatic hydroxyl groups is 1. The molecule has 11 N–H and O–H groups in total. The van der Waals surface area contributed by atoms with Gasteiger partial charge < -0.3 is 37.2 Å². The third-order valence-corrected chi connectivity index (χ3v) is 7.60. The van der Waals surface area contributed by atoms with E-state index in [2.05, 4.69) is 5.32 Å². The number of primary amides is 1. The third-order valence-electron chi connectivity index (χ3n) is 7.60. The van der Waals surface area contributed by atoms with Crippen LogP contribution in [-0.4, -0.2) is 92.6 Å². The molecule has 2 unspecified atom stereocenters. The Bertz CT molecular complexity index is 1460. The van der Waals surface area contributed by atoms with Crippen LogP contribution in [-0.2, 0) is 26.4 Å². The zero-order chi connectivity index (χ0) is 31.2. The van der Waals surface area contributed by atoms with Crippen molar-refractivity contribution >= 4 is 39.2 Å². The summed E-state index contributed by atoms with van der Waals surface area (Å²) < 4.78 is 31.6. The van der Waals surface area contributed by atoms with E-state index in [0.717, 1.165) is 12.8 Å². The van der Waals surface area contributed by atoms with Crippen LogP contribution in [0.2, 0.25) is 0 Å². The molecule has 0 radical (unpaired) electrons. The Kier molecular flexibility index (Phi) is 8.76. The van der Waals surface area contributed by atoms with Gasteiger partial charge in [-0.15, -0.1) is 0 Å². The molecule has 3 aliphatic carbocycles. The summed E-state index contributed by atoms with van der Waals surface area (Å²) in [5, 5.41) is 47.7. The quantitative estimate of drug-likeness (QED) is 0.0531. The average Bonchev–Trinajstić information content (AvgIpc) is 2.83. The number of hydrogen-bond acceptors (Lipinski definition) is 12. The Hall–Kier alpha value is -3.70. The highest BCUT2D eigenvalue weighted by atomic mass is 32.3. The van der Waals surface area contributed by atoms with Crippen LogP contribution < -0.4 is 16.8 Å². The number of phenols is 1. The SMILES string of the molecule is CCCCNc1cc(N)c(O)c2c1CC1CC3[C@H](N(C)C)C(O)=C(C(N)=O)C(=O)[C@@]3(O)C(O)=C1C2=O.O=S(=O)(O)O. The molecule has 0 aromatic heterocycles. The number of phenolic OH excluding ortho intramolecular Hbond substituents is 1. The Morgan fingerprint density at radius 1 is 1.20 bits per heavy atom. The lowest BCUT2D eigenvalue weighted by Gasteiger charge is -2.50. The number of carbonyl (C=O) groups is 3. The van der Waals surface area contributed by atoms with E-state index in [0.29, 0.717) is 17.8 Å². The molecule has 226 valence electrons. The van der Waals surface area contributed by atoms with Gasteiger partial charge >= 0.3 is 10.4 Å². The molecule has 0 fully saturated rings. The first-order valence-corrected chi connectivity index (χ1v) is 14.0. The Labute approximate surface area is 235 Å². The number of likely N-dealkylation sites (N-methyl/N-ethyl adjacent to an activating group) is 1. The maximum absolute atomic E-state index is 13.7. The summed E-state index contributed by atoms with van der Waals surface area (Å²) in [4.78, 5) is 40.5. The van der Waals surface area contributed by atoms with Crippen molar-refractivity contribution in [3.05, 3.63) is 39.9 Å². The van der Waals surface area contributed by atoms with Gasteiger partial charge in [-0.05, 0) is 50.9 Å². The minimum absolute atomic E-state index is 0.0303.